The van der Waals surface area contributed by atoms with Crippen LogP contribution in [0.2, 0.25) is 0 Å². The zero-order valence-corrected chi connectivity index (χ0v) is 12.4. The number of hydrogen-bond donors (Lipinski definition) is 2. The monoisotopic (exact) mass is 305 g/mol. The lowest BCUT2D eigenvalue weighted by Gasteiger charge is -2.33. The van der Waals surface area contributed by atoms with Gasteiger partial charge in [0.25, 0.3) is 0 Å². The maximum Gasteiger partial charge on any atom is 0.241 e. The van der Waals surface area contributed by atoms with Crippen LogP contribution < -0.4 is 11.1 Å². The number of rotatable bonds is 7. The Labute approximate surface area is 119 Å². The number of nitrogens with two attached hydrogens (primary N) is 1. The molecule has 0 spiro atoms. The van der Waals surface area contributed by atoms with Crippen molar-refractivity contribution in [1.29, 1.82) is 0 Å². The summed E-state index contributed by atoms with van der Waals surface area (Å²) in [4.78, 5) is 12.1. The molecule has 0 aromatic rings. The molecule has 1 saturated heterocycles. The van der Waals surface area contributed by atoms with Crippen molar-refractivity contribution in [3.8, 4) is 0 Å². The van der Waals surface area contributed by atoms with Crippen LogP contribution in [-0.4, -0.2) is 62.8 Å². The number of ether oxygens (including phenoxy) is 1. The average molecular weight is 305 g/mol. The van der Waals surface area contributed by atoms with Crippen LogP contribution in [0.25, 0.3) is 0 Å². The summed E-state index contributed by atoms with van der Waals surface area (Å²) in [7, 11) is -3.43. The molecule has 0 bridgehead atoms. The number of unbranched alkanes of at least 4 members (excludes halogenated alkanes) is 1. The first-order chi connectivity index (χ1) is 9.54. The molecule has 1 aliphatic heterocycles. The minimum atomic E-state index is -3.43. The highest BCUT2D eigenvalue weighted by Gasteiger charge is 2.38. The fraction of sp³-hybridized carbons (Fsp3) is 0.917. The van der Waals surface area contributed by atoms with E-state index in [0.29, 0.717) is 26.0 Å². The van der Waals surface area contributed by atoms with E-state index in [0.717, 1.165) is 12.8 Å². The molecule has 8 heteroatoms. The van der Waals surface area contributed by atoms with Gasteiger partial charge < -0.3 is 15.8 Å². The van der Waals surface area contributed by atoms with E-state index in [2.05, 4.69) is 5.32 Å². The van der Waals surface area contributed by atoms with Crippen LogP contribution in [0.4, 0.5) is 0 Å². The molecule has 0 radical (unpaired) electrons. The van der Waals surface area contributed by atoms with Crippen LogP contribution in [0, 0.1) is 0 Å². The van der Waals surface area contributed by atoms with Crippen LogP contribution in [0.5, 0.6) is 0 Å². The van der Waals surface area contributed by atoms with Crippen molar-refractivity contribution < 1.29 is 17.9 Å². The molecular weight excluding hydrogens is 282 g/mol. The van der Waals surface area contributed by atoms with Gasteiger partial charge in [-0.15, -0.1) is 0 Å². The highest BCUT2D eigenvalue weighted by atomic mass is 32.2. The number of nitrogens with one attached hydrogen (secondary N) is 1. The SMILES string of the molecule is NCCCCS(=O)(=O)N1CCOCC1C(=O)NC1CC1. The molecule has 1 heterocycles. The van der Waals surface area contributed by atoms with Crippen molar-refractivity contribution in [2.75, 3.05) is 32.1 Å². The van der Waals surface area contributed by atoms with E-state index in [-0.39, 0.29) is 30.9 Å². The van der Waals surface area contributed by atoms with Crippen molar-refractivity contribution in [2.24, 2.45) is 5.73 Å². The molecule has 0 aromatic heterocycles. The second-order valence-corrected chi connectivity index (χ2v) is 7.34. The highest BCUT2D eigenvalue weighted by molar-refractivity contribution is 7.89. The molecule has 116 valence electrons. The van der Waals surface area contributed by atoms with E-state index in [9.17, 15) is 13.2 Å². The molecule has 1 unspecified atom stereocenters. The van der Waals surface area contributed by atoms with Crippen LogP contribution in [0.3, 0.4) is 0 Å². The number of nitrogens with zero attached hydrogens (tertiary/aromatic N) is 1. The quantitative estimate of drug-likeness (QED) is 0.590. The molecule has 20 heavy (non-hydrogen) atoms. The largest absolute Gasteiger partial charge is 0.378 e. The van der Waals surface area contributed by atoms with Crippen molar-refractivity contribution in [3.05, 3.63) is 0 Å². The number of carbonyl (C=O) groups excluding carboxylic acids is 1. The van der Waals surface area contributed by atoms with Crippen LogP contribution in [0.15, 0.2) is 0 Å². The van der Waals surface area contributed by atoms with E-state index in [1.807, 2.05) is 0 Å². The first kappa shape index (κ1) is 15.7. The van der Waals surface area contributed by atoms with E-state index in [1.165, 1.54) is 4.31 Å². The van der Waals surface area contributed by atoms with Crippen molar-refractivity contribution in [2.45, 2.75) is 37.8 Å². The van der Waals surface area contributed by atoms with Gasteiger partial charge in [-0.05, 0) is 32.2 Å². The van der Waals surface area contributed by atoms with Gasteiger partial charge in [-0.25, -0.2) is 8.42 Å². The van der Waals surface area contributed by atoms with E-state index >= 15 is 0 Å². The second-order valence-electron chi connectivity index (χ2n) is 5.30. The molecule has 2 rings (SSSR count). The zero-order chi connectivity index (χ0) is 14.6. The summed E-state index contributed by atoms with van der Waals surface area (Å²) in [6, 6.07) is -0.515. The van der Waals surface area contributed by atoms with E-state index in [1.54, 1.807) is 0 Å². The van der Waals surface area contributed by atoms with Gasteiger partial charge in [0.15, 0.2) is 0 Å². The Kier molecular flexibility index (Phi) is 5.36. The van der Waals surface area contributed by atoms with Crippen molar-refractivity contribution >= 4 is 15.9 Å². The highest BCUT2D eigenvalue weighted by Crippen LogP contribution is 2.20. The number of hydrogen-bond acceptors (Lipinski definition) is 5. The molecule has 1 saturated carbocycles. The predicted molar refractivity (Wildman–Crippen MR) is 74.6 cm³/mol. The number of sulfonamides is 1. The van der Waals surface area contributed by atoms with Gasteiger partial charge in [0, 0.05) is 12.6 Å². The van der Waals surface area contributed by atoms with Crippen molar-refractivity contribution in [3.63, 3.8) is 0 Å². The lowest BCUT2D eigenvalue weighted by atomic mass is 10.2. The standard InChI is InChI=1S/C12H23N3O4S/c13-5-1-2-8-20(17,18)15-6-7-19-9-11(15)12(16)14-10-3-4-10/h10-11H,1-9,13H2,(H,14,16). The lowest BCUT2D eigenvalue weighted by Crippen LogP contribution is -2.56. The number of amides is 1. The Morgan fingerprint density at radius 2 is 2.10 bits per heavy atom. The predicted octanol–water partition coefficient (Wildman–Crippen LogP) is -0.965. The molecule has 2 fully saturated rings. The van der Waals surface area contributed by atoms with Crippen LogP contribution in [0.1, 0.15) is 25.7 Å². The molecule has 0 aromatic carbocycles. The minimum Gasteiger partial charge on any atom is -0.378 e. The number of carbonyl (C=O) groups is 1. The molecule has 3 N–H and O–H groups in total. The first-order valence-electron chi connectivity index (χ1n) is 7.12. The summed E-state index contributed by atoms with van der Waals surface area (Å²) in [6.45, 7) is 1.19. The molecule has 1 aliphatic carbocycles. The van der Waals surface area contributed by atoms with Gasteiger partial charge in [0.1, 0.15) is 6.04 Å². The third-order valence-corrected chi connectivity index (χ3v) is 5.48. The second kappa shape index (κ2) is 6.84. The van der Waals surface area contributed by atoms with Gasteiger partial charge in [-0.3, -0.25) is 4.79 Å². The lowest BCUT2D eigenvalue weighted by molar-refractivity contribution is -0.129. The third-order valence-electron chi connectivity index (χ3n) is 3.52. The Morgan fingerprint density at radius 3 is 2.75 bits per heavy atom. The maximum atomic E-state index is 12.3. The summed E-state index contributed by atoms with van der Waals surface area (Å²) in [5.74, 6) is -0.202. The fourth-order valence-corrected chi connectivity index (χ4v) is 3.90. The summed E-state index contributed by atoms with van der Waals surface area (Å²) in [5.41, 5.74) is 5.38. The van der Waals surface area contributed by atoms with Crippen molar-refractivity contribution in [1.82, 2.24) is 9.62 Å². The smallest absolute Gasteiger partial charge is 0.241 e. The molecule has 1 atom stereocenters. The molecule has 1 amide bonds. The Hall–Kier alpha value is -0.700. The topological polar surface area (TPSA) is 102 Å². The Balaban J connectivity index is 1.99. The maximum absolute atomic E-state index is 12.3. The van der Waals surface area contributed by atoms with E-state index < -0.39 is 16.1 Å². The summed E-state index contributed by atoms with van der Waals surface area (Å²) < 4.78 is 31.2. The van der Waals surface area contributed by atoms with Crippen LogP contribution >= 0.6 is 0 Å². The molecular formula is C12H23N3O4S. The average Bonchev–Trinajstić information content (AvgIpc) is 3.23. The summed E-state index contributed by atoms with van der Waals surface area (Å²) in [5, 5.41) is 2.85. The minimum absolute atomic E-state index is 0.0391. The first-order valence-corrected chi connectivity index (χ1v) is 8.73. The normalized spacial score (nSPS) is 24.6. The number of morpholine rings is 1. The third kappa shape index (κ3) is 4.15. The van der Waals surface area contributed by atoms with Gasteiger partial charge in [-0.2, -0.15) is 4.31 Å². The Bertz CT molecular complexity index is 436. The zero-order valence-electron chi connectivity index (χ0n) is 11.6. The summed E-state index contributed by atoms with van der Waals surface area (Å²) in [6.07, 6.45) is 3.14. The molecule has 2 aliphatic rings. The van der Waals surface area contributed by atoms with Gasteiger partial charge in [0.05, 0.1) is 19.0 Å². The van der Waals surface area contributed by atoms with Gasteiger partial charge in [0.2, 0.25) is 15.9 Å². The fourth-order valence-electron chi connectivity index (χ4n) is 2.20. The summed E-state index contributed by atoms with van der Waals surface area (Å²) >= 11 is 0. The van der Waals surface area contributed by atoms with Crippen LogP contribution in [-0.2, 0) is 19.6 Å². The van der Waals surface area contributed by atoms with Gasteiger partial charge >= 0.3 is 0 Å². The van der Waals surface area contributed by atoms with E-state index in [4.69, 9.17) is 10.5 Å². The Morgan fingerprint density at radius 1 is 1.35 bits per heavy atom. The molecule has 7 nitrogen and oxygen atoms in total. The van der Waals surface area contributed by atoms with Gasteiger partial charge in [-0.1, -0.05) is 0 Å².